The Balaban J connectivity index is 1.98. The molecule has 0 aliphatic carbocycles. The number of benzene rings is 2. The maximum absolute atomic E-state index is 12.6. The van der Waals surface area contributed by atoms with Crippen LogP contribution >= 0.6 is 0 Å². The van der Waals surface area contributed by atoms with E-state index in [2.05, 4.69) is 0 Å². The minimum Gasteiger partial charge on any atom is -0.503 e. The van der Waals surface area contributed by atoms with Crippen LogP contribution in [-0.4, -0.2) is 33.2 Å². The smallest absolute Gasteiger partial charge is 0.290 e. The van der Waals surface area contributed by atoms with Crippen molar-refractivity contribution in [2.24, 2.45) is 0 Å². The molecule has 0 fully saturated rings. The normalized spacial score (nSPS) is 16.7. The number of rotatable bonds is 6. The van der Waals surface area contributed by atoms with Gasteiger partial charge in [-0.25, -0.2) is 0 Å². The van der Waals surface area contributed by atoms with Gasteiger partial charge in [-0.1, -0.05) is 42.5 Å². The third-order valence-corrected chi connectivity index (χ3v) is 4.56. The highest BCUT2D eigenvalue weighted by Gasteiger charge is 2.42. The standard InChI is InChI=1S/C20H18N2O5/c1-13(23)17-18(15-8-5-9-16(12-15)22(26)27)21(20(25)19(17)24)11-10-14-6-3-2-4-7-14/h2-9,12,18,24H,10-11H2,1H3/t18-/m0/s1. The van der Waals surface area contributed by atoms with Gasteiger partial charge in [0.1, 0.15) is 0 Å². The number of Topliss-reactive ketones (excluding diaryl/α,β-unsaturated/α-hetero) is 1. The number of hydrogen-bond donors (Lipinski definition) is 1. The molecular weight excluding hydrogens is 348 g/mol. The lowest BCUT2D eigenvalue weighted by Crippen LogP contribution is -2.33. The molecule has 1 atom stereocenters. The number of aliphatic hydroxyl groups is 1. The fourth-order valence-electron chi connectivity index (χ4n) is 3.29. The number of nitro groups is 1. The molecule has 3 rings (SSSR count). The third kappa shape index (κ3) is 3.57. The van der Waals surface area contributed by atoms with Gasteiger partial charge in [0.05, 0.1) is 16.5 Å². The summed E-state index contributed by atoms with van der Waals surface area (Å²) in [4.78, 5) is 36.6. The van der Waals surface area contributed by atoms with Gasteiger partial charge >= 0.3 is 0 Å². The first-order chi connectivity index (χ1) is 12.9. The maximum Gasteiger partial charge on any atom is 0.290 e. The first-order valence-corrected chi connectivity index (χ1v) is 8.43. The Labute approximate surface area is 155 Å². The van der Waals surface area contributed by atoms with Crippen molar-refractivity contribution in [1.29, 1.82) is 0 Å². The Bertz CT molecular complexity index is 936. The summed E-state index contributed by atoms with van der Waals surface area (Å²) in [5, 5.41) is 21.3. The second-order valence-corrected chi connectivity index (χ2v) is 6.31. The van der Waals surface area contributed by atoms with E-state index < -0.39 is 28.4 Å². The molecule has 1 N–H and O–H groups in total. The molecule has 27 heavy (non-hydrogen) atoms. The van der Waals surface area contributed by atoms with Crippen molar-refractivity contribution < 1.29 is 19.6 Å². The van der Waals surface area contributed by atoms with Crippen LogP contribution in [0.15, 0.2) is 65.9 Å². The molecule has 138 valence electrons. The van der Waals surface area contributed by atoms with Crippen molar-refractivity contribution in [2.45, 2.75) is 19.4 Å². The molecule has 7 heteroatoms. The Hall–Kier alpha value is -3.48. The third-order valence-electron chi connectivity index (χ3n) is 4.56. The average Bonchev–Trinajstić information content (AvgIpc) is 2.92. The molecule has 1 aliphatic heterocycles. The van der Waals surface area contributed by atoms with Crippen LogP contribution in [0.25, 0.3) is 0 Å². The minimum atomic E-state index is -0.849. The minimum absolute atomic E-state index is 0.0337. The summed E-state index contributed by atoms with van der Waals surface area (Å²) < 4.78 is 0. The zero-order chi connectivity index (χ0) is 19.6. The van der Waals surface area contributed by atoms with Crippen LogP contribution in [0, 0.1) is 10.1 Å². The lowest BCUT2D eigenvalue weighted by molar-refractivity contribution is -0.384. The fourth-order valence-corrected chi connectivity index (χ4v) is 3.29. The summed E-state index contributed by atoms with van der Waals surface area (Å²) in [5.74, 6) is -1.68. The molecule has 0 saturated heterocycles. The predicted molar refractivity (Wildman–Crippen MR) is 98.0 cm³/mol. The van der Waals surface area contributed by atoms with E-state index in [0.29, 0.717) is 12.0 Å². The molecule has 2 aromatic carbocycles. The van der Waals surface area contributed by atoms with E-state index in [9.17, 15) is 24.8 Å². The summed E-state index contributed by atoms with van der Waals surface area (Å²) in [6.07, 6.45) is 0.524. The van der Waals surface area contributed by atoms with Crippen molar-refractivity contribution >= 4 is 17.4 Å². The van der Waals surface area contributed by atoms with Gasteiger partial charge in [-0.3, -0.25) is 19.7 Å². The summed E-state index contributed by atoms with van der Waals surface area (Å²) in [6, 6.07) is 14.4. The number of amides is 1. The van der Waals surface area contributed by atoms with E-state index in [0.717, 1.165) is 5.56 Å². The second-order valence-electron chi connectivity index (χ2n) is 6.31. The van der Waals surface area contributed by atoms with Crippen LogP contribution in [0.3, 0.4) is 0 Å². The van der Waals surface area contributed by atoms with Gasteiger partial charge in [0.2, 0.25) is 0 Å². The molecule has 1 aliphatic rings. The number of aliphatic hydroxyl groups excluding tert-OH is 1. The molecule has 0 bridgehead atoms. The molecule has 0 spiro atoms. The highest BCUT2D eigenvalue weighted by molar-refractivity contribution is 6.08. The molecule has 7 nitrogen and oxygen atoms in total. The molecule has 0 aromatic heterocycles. The summed E-state index contributed by atoms with van der Waals surface area (Å²) in [6.45, 7) is 1.53. The molecular formula is C20H18N2O5. The van der Waals surface area contributed by atoms with Crippen LogP contribution in [0.4, 0.5) is 5.69 Å². The first kappa shape index (κ1) is 18.3. The van der Waals surface area contributed by atoms with E-state index in [1.54, 1.807) is 6.07 Å². The number of non-ortho nitro benzene ring substituents is 1. The van der Waals surface area contributed by atoms with E-state index in [-0.39, 0.29) is 17.8 Å². The van der Waals surface area contributed by atoms with Crippen molar-refractivity contribution in [3.8, 4) is 0 Å². The molecule has 0 unspecified atom stereocenters. The topological polar surface area (TPSA) is 101 Å². The highest BCUT2D eigenvalue weighted by Crippen LogP contribution is 2.38. The monoisotopic (exact) mass is 366 g/mol. The fraction of sp³-hybridized carbons (Fsp3) is 0.200. The van der Waals surface area contributed by atoms with E-state index >= 15 is 0 Å². The largest absolute Gasteiger partial charge is 0.503 e. The Kier molecular flexibility index (Phi) is 5.03. The molecule has 2 aromatic rings. The lowest BCUT2D eigenvalue weighted by atomic mass is 9.96. The Morgan fingerprint density at radius 1 is 1.19 bits per heavy atom. The van der Waals surface area contributed by atoms with Gasteiger partial charge in [-0.05, 0) is 24.5 Å². The van der Waals surface area contributed by atoms with Crippen LogP contribution < -0.4 is 0 Å². The highest BCUT2D eigenvalue weighted by atomic mass is 16.6. The zero-order valence-electron chi connectivity index (χ0n) is 14.7. The molecule has 1 heterocycles. The van der Waals surface area contributed by atoms with Gasteiger partial charge in [0.15, 0.2) is 11.5 Å². The summed E-state index contributed by atoms with van der Waals surface area (Å²) in [5.41, 5.74) is 1.24. The number of nitro benzene ring substituents is 1. The number of ketones is 1. The number of nitrogens with zero attached hydrogens (tertiary/aromatic N) is 2. The summed E-state index contributed by atoms with van der Waals surface area (Å²) >= 11 is 0. The lowest BCUT2D eigenvalue weighted by Gasteiger charge is -2.26. The van der Waals surface area contributed by atoms with Crippen LogP contribution in [0.5, 0.6) is 0 Å². The van der Waals surface area contributed by atoms with E-state index in [1.165, 1.54) is 30.0 Å². The van der Waals surface area contributed by atoms with Crippen molar-refractivity contribution in [1.82, 2.24) is 4.90 Å². The Morgan fingerprint density at radius 3 is 2.52 bits per heavy atom. The zero-order valence-corrected chi connectivity index (χ0v) is 14.7. The average molecular weight is 366 g/mol. The summed E-state index contributed by atoms with van der Waals surface area (Å²) in [7, 11) is 0. The van der Waals surface area contributed by atoms with Crippen molar-refractivity contribution in [2.75, 3.05) is 6.54 Å². The van der Waals surface area contributed by atoms with Crippen LogP contribution in [0.1, 0.15) is 24.1 Å². The van der Waals surface area contributed by atoms with Crippen LogP contribution in [0.2, 0.25) is 0 Å². The van der Waals surface area contributed by atoms with E-state index in [4.69, 9.17) is 0 Å². The Morgan fingerprint density at radius 2 is 1.89 bits per heavy atom. The van der Waals surface area contributed by atoms with Gasteiger partial charge in [-0.2, -0.15) is 0 Å². The van der Waals surface area contributed by atoms with Gasteiger partial charge < -0.3 is 10.0 Å². The quantitative estimate of drug-likeness (QED) is 0.625. The van der Waals surface area contributed by atoms with E-state index in [1.807, 2.05) is 30.3 Å². The van der Waals surface area contributed by atoms with Crippen molar-refractivity contribution in [3.05, 3.63) is 87.2 Å². The number of carbonyl (C=O) groups is 2. The molecule has 0 radical (unpaired) electrons. The second kappa shape index (κ2) is 7.41. The molecule has 0 saturated carbocycles. The number of carbonyl (C=O) groups excluding carboxylic acids is 2. The van der Waals surface area contributed by atoms with Gasteiger partial charge in [0.25, 0.3) is 11.6 Å². The van der Waals surface area contributed by atoms with Gasteiger partial charge in [-0.15, -0.1) is 0 Å². The number of hydrogen-bond acceptors (Lipinski definition) is 5. The van der Waals surface area contributed by atoms with Crippen LogP contribution in [-0.2, 0) is 16.0 Å². The van der Waals surface area contributed by atoms with Crippen molar-refractivity contribution in [3.63, 3.8) is 0 Å². The van der Waals surface area contributed by atoms with Gasteiger partial charge in [0, 0.05) is 18.7 Å². The maximum atomic E-state index is 12.6. The SMILES string of the molecule is CC(=O)C1=C(O)C(=O)N(CCc2ccccc2)[C@H]1c1cccc([N+](=O)[O-])c1. The molecule has 1 amide bonds. The predicted octanol–water partition coefficient (Wildman–Crippen LogP) is 3.12. The first-order valence-electron chi connectivity index (χ1n) is 8.43.